The number of carbonyl (C=O) groups excluding carboxylic acids is 2. The quantitative estimate of drug-likeness (QED) is 0.700. The molecule has 4 bridgehead atoms. The van der Waals surface area contributed by atoms with E-state index in [0.717, 1.165) is 38.5 Å². The van der Waals surface area contributed by atoms with E-state index in [1.165, 1.54) is 12.8 Å². The molecule has 0 aliphatic heterocycles. The van der Waals surface area contributed by atoms with Crippen LogP contribution in [0.3, 0.4) is 0 Å². The first-order valence-electron chi connectivity index (χ1n) is 8.68. The number of fused-ring (bicyclic) bond motifs is 4. The summed E-state index contributed by atoms with van der Waals surface area (Å²) in [6, 6.07) is 0. The van der Waals surface area contributed by atoms with E-state index in [2.05, 4.69) is 0 Å². The first kappa shape index (κ1) is 19.0. The van der Waals surface area contributed by atoms with Crippen LogP contribution in [0.5, 0.6) is 0 Å². The second-order valence-electron chi connectivity index (χ2n) is 8.57. The Morgan fingerprint density at radius 2 is 1.13 bits per heavy atom. The molecule has 0 radical (unpaired) electrons. The largest absolute Gasteiger partial charge is 2.00 e. The summed E-state index contributed by atoms with van der Waals surface area (Å²) in [5.74, 6) is 0.537. The van der Waals surface area contributed by atoms with Gasteiger partial charge in [-0.15, -0.1) is 0 Å². The van der Waals surface area contributed by atoms with Crippen molar-refractivity contribution in [3.05, 3.63) is 0 Å². The van der Waals surface area contributed by atoms with Gasteiger partial charge in [0, 0.05) is 22.8 Å². The Morgan fingerprint density at radius 1 is 0.783 bits per heavy atom. The zero-order valence-corrected chi connectivity index (χ0v) is 15.7. The Balaban J connectivity index is 0.000000160. The van der Waals surface area contributed by atoms with Crippen molar-refractivity contribution < 1.29 is 19.8 Å². The molecule has 4 saturated carbocycles. The summed E-state index contributed by atoms with van der Waals surface area (Å²) in [4.78, 5) is 21.6. The molecule has 0 N–H and O–H groups in total. The standard InChI is InChI=1S/2C9H14O2.Mg/c2*1-9(8(10)11)5-6-2-3-7(9)4-6;/h2*6-7H,2-5H2,1H3,(H,10,11);/q;;+2/p-2. The maximum Gasteiger partial charge on any atom is 2.00 e. The molecule has 0 spiro atoms. The molecule has 4 rings (SSSR count). The third-order valence-electron chi connectivity index (χ3n) is 7.24. The van der Waals surface area contributed by atoms with Crippen molar-refractivity contribution in [2.24, 2.45) is 34.5 Å². The monoisotopic (exact) mass is 330 g/mol. The molecular weight excluding hydrogens is 304 g/mol. The normalized spacial score (nSPS) is 46.0. The summed E-state index contributed by atoms with van der Waals surface area (Å²) >= 11 is 0. The molecule has 4 nitrogen and oxygen atoms in total. The fraction of sp³-hybridized carbons (Fsp3) is 0.889. The zero-order valence-electron chi connectivity index (χ0n) is 14.3. The maximum atomic E-state index is 10.8. The second-order valence-corrected chi connectivity index (χ2v) is 8.57. The van der Waals surface area contributed by atoms with E-state index in [1.54, 1.807) is 0 Å². The average molecular weight is 331 g/mol. The summed E-state index contributed by atoms with van der Waals surface area (Å²) in [5, 5.41) is 21.6. The van der Waals surface area contributed by atoms with Crippen LogP contribution in [0.4, 0.5) is 0 Å². The van der Waals surface area contributed by atoms with Gasteiger partial charge in [-0.1, -0.05) is 26.7 Å². The van der Waals surface area contributed by atoms with E-state index in [1.807, 2.05) is 13.8 Å². The number of carboxylic acids is 2. The average Bonchev–Trinajstić information content (AvgIpc) is 3.17. The number of hydrogen-bond acceptors (Lipinski definition) is 4. The predicted octanol–water partition coefficient (Wildman–Crippen LogP) is 0.744. The van der Waals surface area contributed by atoms with Crippen molar-refractivity contribution >= 4 is 35.0 Å². The van der Waals surface area contributed by atoms with E-state index in [0.29, 0.717) is 23.7 Å². The van der Waals surface area contributed by atoms with Crippen LogP contribution >= 0.6 is 0 Å². The summed E-state index contributed by atoms with van der Waals surface area (Å²) in [7, 11) is 0. The summed E-state index contributed by atoms with van der Waals surface area (Å²) in [5.41, 5.74) is -0.966. The third-order valence-corrected chi connectivity index (χ3v) is 7.24. The molecule has 4 aliphatic rings. The van der Waals surface area contributed by atoms with E-state index in [9.17, 15) is 19.8 Å². The molecule has 0 saturated heterocycles. The maximum absolute atomic E-state index is 10.8. The van der Waals surface area contributed by atoms with Gasteiger partial charge in [0.15, 0.2) is 0 Å². The first-order valence-corrected chi connectivity index (χ1v) is 8.68. The number of carboxylic acid groups (broad SMARTS) is 2. The van der Waals surface area contributed by atoms with E-state index >= 15 is 0 Å². The summed E-state index contributed by atoms with van der Waals surface area (Å²) < 4.78 is 0. The molecule has 23 heavy (non-hydrogen) atoms. The molecule has 0 aromatic rings. The van der Waals surface area contributed by atoms with Crippen LogP contribution in [0.25, 0.3) is 0 Å². The molecule has 0 heterocycles. The molecule has 0 aromatic carbocycles. The van der Waals surface area contributed by atoms with Gasteiger partial charge in [-0.3, -0.25) is 0 Å². The van der Waals surface area contributed by atoms with Crippen molar-refractivity contribution in [1.29, 1.82) is 0 Å². The predicted molar refractivity (Wildman–Crippen MR) is 82.9 cm³/mol. The molecule has 4 aliphatic carbocycles. The Labute approximate surface area is 154 Å². The van der Waals surface area contributed by atoms with Crippen molar-refractivity contribution in [1.82, 2.24) is 0 Å². The minimum Gasteiger partial charge on any atom is -0.550 e. The molecular formula is C18H26MgO4. The van der Waals surface area contributed by atoms with Crippen LogP contribution in [0.2, 0.25) is 0 Å². The molecule has 6 atom stereocenters. The summed E-state index contributed by atoms with van der Waals surface area (Å²) in [6.45, 7) is 3.71. The van der Waals surface area contributed by atoms with Crippen molar-refractivity contribution in [3.8, 4) is 0 Å². The van der Waals surface area contributed by atoms with Crippen molar-refractivity contribution in [2.45, 2.75) is 65.2 Å². The summed E-state index contributed by atoms with van der Waals surface area (Å²) in [6.07, 6.45) is 8.68. The second kappa shape index (κ2) is 6.55. The topological polar surface area (TPSA) is 80.3 Å². The van der Waals surface area contributed by atoms with E-state index in [4.69, 9.17) is 0 Å². The fourth-order valence-corrected chi connectivity index (χ4v) is 5.71. The molecule has 4 fully saturated rings. The third kappa shape index (κ3) is 3.15. The SMILES string of the molecule is CC1(C(=O)[O-])CC2CCC1C2.CC1(C(=O)[O-])CC2CCC1C2.[Mg+2]. The van der Waals surface area contributed by atoms with E-state index in [-0.39, 0.29) is 23.1 Å². The van der Waals surface area contributed by atoms with Crippen molar-refractivity contribution in [2.75, 3.05) is 0 Å². The molecule has 6 unspecified atom stereocenters. The van der Waals surface area contributed by atoms with Gasteiger partial charge in [0.2, 0.25) is 0 Å². The Bertz CT molecular complexity index is 449. The molecule has 124 valence electrons. The van der Waals surface area contributed by atoms with Crippen LogP contribution < -0.4 is 10.2 Å². The minimum absolute atomic E-state index is 0. The Kier molecular flexibility index (Phi) is 5.42. The Morgan fingerprint density at radius 3 is 1.26 bits per heavy atom. The fourth-order valence-electron chi connectivity index (χ4n) is 5.71. The number of aliphatic carboxylic acids is 2. The molecule has 0 aromatic heterocycles. The van der Waals surface area contributed by atoms with Gasteiger partial charge in [-0.2, -0.15) is 0 Å². The first-order chi connectivity index (χ1) is 10.3. The van der Waals surface area contributed by atoms with Gasteiger partial charge in [0.25, 0.3) is 0 Å². The van der Waals surface area contributed by atoms with Gasteiger partial charge in [-0.05, 0) is 62.2 Å². The molecule has 0 amide bonds. The minimum atomic E-state index is -0.829. The van der Waals surface area contributed by atoms with Crippen LogP contribution in [0, 0.1) is 34.5 Å². The van der Waals surface area contributed by atoms with Gasteiger partial charge < -0.3 is 19.8 Å². The van der Waals surface area contributed by atoms with E-state index < -0.39 is 22.8 Å². The van der Waals surface area contributed by atoms with Crippen LogP contribution in [0.15, 0.2) is 0 Å². The van der Waals surface area contributed by atoms with Gasteiger partial charge in [0.1, 0.15) is 0 Å². The van der Waals surface area contributed by atoms with Crippen LogP contribution in [-0.4, -0.2) is 35.0 Å². The number of rotatable bonds is 2. The van der Waals surface area contributed by atoms with Gasteiger partial charge >= 0.3 is 23.1 Å². The Hall–Kier alpha value is -0.294. The van der Waals surface area contributed by atoms with Crippen molar-refractivity contribution in [3.63, 3.8) is 0 Å². The number of hydrogen-bond donors (Lipinski definition) is 0. The number of carbonyl (C=O) groups is 2. The van der Waals surface area contributed by atoms with Crippen LogP contribution in [-0.2, 0) is 9.59 Å². The zero-order chi connectivity index (χ0) is 16.1. The van der Waals surface area contributed by atoms with Gasteiger partial charge in [0.05, 0.1) is 0 Å². The smallest absolute Gasteiger partial charge is 0.550 e. The molecule has 5 heteroatoms. The van der Waals surface area contributed by atoms with Crippen LogP contribution in [0.1, 0.15) is 65.2 Å². The van der Waals surface area contributed by atoms with Gasteiger partial charge in [-0.25, -0.2) is 0 Å².